The molecular formula is C34H56N4O8S2. The second kappa shape index (κ2) is 19.5. The quantitative estimate of drug-likeness (QED) is 0.192. The third-order valence-corrected chi connectivity index (χ3v) is 9.57. The molecule has 2 fully saturated rings. The van der Waals surface area contributed by atoms with Gasteiger partial charge in [-0.1, -0.05) is 7.43 Å². The fourth-order valence-electron chi connectivity index (χ4n) is 5.26. The number of thiazole rings is 2. The highest BCUT2D eigenvalue weighted by Gasteiger charge is 2.40. The van der Waals surface area contributed by atoms with Crippen LogP contribution in [0.4, 0.5) is 4.79 Å². The molecule has 1 amide bonds. The summed E-state index contributed by atoms with van der Waals surface area (Å²) in [5.74, 6) is -0.420. The van der Waals surface area contributed by atoms with E-state index in [-0.39, 0.29) is 62.0 Å². The highest BCUT2D eigenvalue weighted by Crippen LogP contribution is 2.37. The van der Waals surface area contributed by atoms with E-state index in [9.17, 15) is 14.4 Å². The zero-order chi connectivity index (χ0) is 34.7. The number of hydrogen-bond donors (Lipinski definition) is 1. The number of hydrogen-bond acceptors (Lipinski definition) is 13. The molecule has 1 N–H and O–H groups in total. The Morgan fingerprint density at radius 1 is 0.875 bits per heavy atom. The maximum atomic E-state index is 12.7. The molecule has 4 heterocycles. The number of nitrogens with one attached hydrogen (secondary N) is 1. The Morgan fingerprint density at radius 2 is 1.40 bits per heavy atom. The number of carbonyl (C=O) groups is 3. The number of esters is 2. The maximum absolute atomic E-state index is 12.7. The summed E-state index contributed by atoms with van der Waals surface area (Å²) < 4.78 is 26.7. The monoisotopic (exact) mass is 712 g/mol. The number of nitrogens with zero attached hydrogens (tertiary/aromatic N) is 3. The average Bonchev–Trinajstić information content (AvgIpc) is 3.80. The van der Waals surface area contributed by atoms with Gasteiger partial charge in [0.15, 0.2) is 0 Å². The molecule has 0 saturated carbocycles. The summed E-state index contributed by atoms with van der Waals surface area (Å²) in [6, 6.07) is 0.0936. The predicted molar refractivity (Wildman–Crippen MR) is 187 cm³/mol. The minimum Gasteiger partial charge on any atom is -0.469 e. The Morgan fingerprint density at radius 3 is 1.92 bits per heavy atom. The van der Waals surface area contributed by atoms with Gasteiger partial charge in [-0.15, -0.1) is 22.7 Å². The van der Waals surface area contributed by atoms with E-state index in [1.54, 1.807) is 22.4 Å². The second-order valence-electron chi connectivity index (χ2n) is 13.2. The van der Waals surface area contributed by atoms with E-state index in [0.29, 0.717) is 38.6 Å². The van der Waals surface area contributed by atoms with E-state index in [4.69, 9.17) is 14.2 Å². The molecule has 272 valence electrons. The minimum absolute atomic E-state index is 0. The largest absolute Gasteiger partial charge is 0.469 e. The lowest BCUT2D eigenvalue weighted by Crippen LogP contribution is -2.37. The third kappa shape index (κ3) is 13.7. The van der Waals surface area contributed by atoms with Crippen LogP contribution < -0.4 is 5.32 Å². The highest BCUT2D eigenvalue weighted by atomic mass is 32.1. The van der Waals surface area contributed by atoms with Crippen molar-refractivity contribution in [3.05, 3.63) is 32.2 Å². The number of ether oxygens (including phenoxy) is 5. The fraction of sp³-hybridized carbons (Fsp3) is 0.735. The molecule has 0 aliphatic carbocycles. The number of amides is 1. The van der Waals surface area contributed by atoms with E-state index in [1.165, 1.54) is 25.6 Å². The molecule has 0 spiro atoms. The second-order valence-corrected chi connectivity index (χ2v) is 15.5. The van der Waals surface area contributed by atoms with E-state index in [1.807, 2.05) is 40.8 Å². The average molecular weight is 713 g/mol. The molecule has 4 atom stereocenters. The third-order valence-electron chi connectivity index (χ3n) is 7.24. The lowest BCUT2D eigenvalue weighted by atomic mass is 10.2. The molecule has 4 rings (SSSR count). The van der Waals surface area contributed by atoms with Crippen LogP contribution in [-0.2, 0) is 46.1 Å². The van der Waals surface area contributed by atoms with Gasteiger partial charge in [0.1, 0.15) is 15.6 Å². The number of aromatic nitrogens is 2. The van der Waals surface area contributed by atoms with Gasteiger partial charge >= 0.3 is 18.0 Å². The van der Waals surface area contributed by atoms with Crippen molar-refractivity contribution in [1.82, 2.24) is 20.2 Å². The molecule has 12 nitrogen and oxygen atoms in total. The Balaban J connectivity index is 0.000000340. The van der Waals surface area contributed by atoms with Gasteiger partial charge < -0.3 is 29.0 Å². The fourth-order valence-corrected chi connectivity index (χ4v) is 7.31. The Kier molecular flexibility index (Phi) is 16.9. The smallest absolute Gasteiger partial charge is 0.410 e. The van der Waals surface area contributed by atoms with Gasteiger partial charge in [-0.3, -0.25) is 14.5 Å². The maximum Gasteiger partial charge on any atom is 0.410 e. The summed E-state index contributed by atoms with van der Waals surface area (Å²) in [5, 5.41) is 5.38. The van der Waals surface area contributed by atoms with Crippen LogP contribution in [0.2, 0.25) is 0 Å². The summed E-state index contributed by atoms with van der Waals surface area (Å²) in [5.41, 5.74) is -0.562. The Bertz CT molecular complexity index is 1290. The molecule has 0 unspecified atom stereocenters. The van der Waals surface area contributed by atoms with Crippen LogP contribution in [-0.4, -0.2) is 90.2 Å². The van der Waals surface area contributed by atoms with Gasteiger partial charge in [-0.2, -0.15) is 0 Å². The molecule has 2 aliphatic heterocycles. The van der Waals surface area contributed by atoms with Gasteiger partial charge in [0.25, 0.3) is 0 Å². The van der Waals surface area contributed by atoms with Crippen molar-refractivity contribution in [2.45, 2.75) is 137 Å². The SMILES string of the molecule is C.COC(=O)CCc1cnc([C@@H]2C[C@H](OC(C)C)CN2)s1.COC(=O)CCc1cnc([C@@H]2C[C@H](OC(C)C)CN2C(=O)OC(C)(C)C)s1. The molecule has 2 aliphatic rings. The van der Waals surface area contributed by atoms with Crippen molar-refractivity contribution in [1.29, 1.82) is 0 Å². The van der Waals surface area contributed by atoms with Crippen molar-refractivity contribution in [2.24, 2.45) is 0 Å². The standard InChI is InChI=1S/C19H30N2O5S.C14H22N2O3S.CH4/c1-12(2)25-13-9-15(21(11-13)18(23)26-19(3,4)5)17-20-10-14(27-17)7-8-16(22)24-6;1-9(2)19-10-6-12(15-7-10)14-16-8-11(20-14)4-5-13(17)18-3;/h10,12-13,15H,7-9,11H2,1-6H3;8-10,12,15H,4-7H2,1-3H3;1H4/t13-,15-;10-,12-;/m00./s1. The van der Waals surface area contributed by atoms with Crippen molar-refractivity contribution in [2.75, 3.05) is 27.3 Å². The summed E-state index contributed by atoms with van der Waals surface area (Å²) in [4.78, 5) is 48.0. The Hall–Kier alpha value is -2.65. The number of likely N-dealkylation sites (tertiary alicyclic amines) is 1. The van der Waals surface area contributed by atoms with Crippen LogP contribution in [0.15, 0.2) is 12.4 Å². The number of carbonyl (C=O) groups excluding carboxylic acids is 3. The molecule has 2 aromatic heterocycles. The zero-order valence-electron chi connectivity index (χ0n) is 29.2. The molecule has 0 aromatic carbocycles. The van der Waals surface area contributed by atoms with Crippen molar-refractivity contribution >= 4 is 40.7 Å². The van der Waals surface area contributed by atoms with Gasteiger partial charge in [-0.05, 0) is 67.7 Å². The normalized spacial score (nSPS) is 20.7. The first-order valence-corrected chi connectivity index (χ1v) is 17.9. The summed E-state index contributed by atoms with van der Waals surface area (Å²) in [6.07, 6.45) is 7.48. The van der Waals surface area contributed by atoms with Gasteiger partial charge in [0, 0.05) is 35.1 Å². The van der Waals surface area contributed by atoms with Crippen molar-refractivity contribution < 1.29 is 38.1 Å². The number of rotatable bonds is 12. The Labute approximate surface area is 294 Å². The number of aryl methyl sites for hydroxylation is 2. The summed E-state index contributed by atoms with van der Waals surface area (Å²) in [7, 11) is 2.80. The van der Waals surface area contributed by atoms with Crippen LogP contribution in [0.25, 0.3) is 0 Å². The van der Waals surface area contributed by atoms with Crippen molar-refractivity contribution in [3.8, 4) is 0 Å². The summed E-state index contributed by atoms with van der Waals surface area (Å²) >= 11 is 3.19. The molecule has 2 aromatic rings. The zero-order valence-corrected chi connectivity index (χ0v) is 30.8. The topological polar surface area (TPSA) is 138 Å². The molecule has 2 saturated heterocycles. The van der Waals surface area contributed by atoms with Crippen LogP contribution in [0.1, 0.15) is 113 Å². The first-order valence-electron chi connectivity index (χ1n) is 16.2. The molecular weight excluding hydrogens is 657 g/mol. The summed E-state index contributed by atoms with van der Waals surface area (Å²) in [6.45, 7) is 15.0. The van der Waals surface area contributed by atoms with E-state index >= 15 is 0 Å². The lowest BCUT2D eigenvalue weighted by Gasteiger charge is -2.27. The number of methoxy groups -OCH3 is 2. The first-order chi connectivity index (χ1) is 22.2. The molecule has 0 bridgehead atoms. The van der Waals surface area contributed by atoms with Crippen LogP contribution in [0.3, 0.4) is 0 Å². The van der Waals surface area contributed by atoms with Gasteiger partial charge in [-0.25, -0.2) is 14.8 Å². The predicted octanol–water partition coefficient (Wildman–Crippen LogP) is 6.44. The lowest BCUT2D eigenvalue weighted by molar-refractivity contribution is -0.141. The van der Waals surface area contributed by atoms with Crippen LogP contribution in [0, 0.1) is 0 Å². The molecule has 48 heavy (non-hydrogen) atoms. The van der Waals surface area contributed by atoms with E-state index in [0.717, 1.165) is 32.7 Å². The van der Waals surface area contributed by atoms with Gasteiger partial charge in [0.05, 0.1) is 70.1 Å². The van der Waals surface area contributed by atoms with Crippen LogP contribution >= 0.6 is 22.7 Å². The molecule has 0 radical (unpaired) electrons. The first kappa shape index (κ1) is 41.5. The minimum atomic E-state index is -0.562. The van der Waals surface area contributed by atoms with E-state index < -0.39 is 5.60 Å². The van der Waals surface area contributed by atoms with Crippen molar-refractivity contribution in [3.63, 3.8) is 0 Å². The van der Waals surface area contributed by atoms with E-state index in [2.05, 4.69) is 38.6 Å². The van der Waals surface area contributed by atoms with Crippen LogP contribution in [0.5, 0.6) is 0 Å². The van der Waals surface area contributed by atoms with Gasteiger partial charge in [0.2, 0.25) is 0 Å². The molecule has 14 heteroatoms. The highest BCUT2D eigenvalue weighted by molar-refractivity contribution is 7.12.